The minimum absolute atomic E-state index is 0.147. The van der Waals surface area contributed by atoms with E-state index in [0.29, 0.717) is 0 Å². The van der Waals surface area contributed by atoms with Crippen molar-refractivity contribution in [3.8, 4) is 5.75 Å². The summed E-state index contributed by atoms with van der Waals surface area (Å²) < 4.78 is 8.33. The fraction of sp³-hybridized carbons (Fsp3) is 0.0588. The number of benzene rings is 3. The molecule has 0 amide bonds. The van der Waals surface area contributed by atoms with E-state index >= 15 is 0 Å². The van der Waals surface area contributed by atoms with E-state index in [9.17, 15) is 0 Å². The number of rotatable bonds is 3. The summed E-state index contributed by atoms with van der Waals surface area (Å²) in [4.78, 5) is 0. The zero-order chi connectivity index (χ0) is 13.1. The second-order valence-electron chi connectivity index (χ2n) is 4.19. The van der Waals surface area contributed by atoms with Crippen LogP contribution in [-0.4, -0.2) is 7.11 Å². The van der Waals surface area contributed by atoms with Crippen molar-refractivity contribution in [1.82, 2.24) is 0 Å². The molecule has 0 atom stereocenters. The van der Waals surface area contributed by atoms with E-state index in [-0.39, 0.29) is 21.2 Å². The molecule has 0 unspecified atom stereocenters. The Bertz CT molecular complexity index is 692. The molecule has 96 valence electrons. The maximum atomic E-state index is 5.44. The molecule has 0 aromatic heterocycles. The van der Waals surface area contributed by atoms with Gasteiger partial charge in [-0.1, -0.05) is 0 Å². The topological polar surface area (TPSA) is 9.23 Å². The molecule has 2 heteroatoms. The molecule has 0 heterocycles. The van der Waals surface area contributed by atoms with Gasteiger partial charge in [-0.05, 0) is 0 Å². The van der Waals surface area contributed by atoms with E-state index < -0.39 is 0 Å². The third-order valence-electron chi connectivity index (χ3n) is 2.99. The number of hydrogen-bond donors (Lipinski definition) is 0. The van der Waals surface area contributed by atoms with Crippen LogP contribution in [0.1, 0.15) is 0 Å². The van der Waals surface area contributed by atoms with Crippen LogP contribution in [0.25, 0.3) is 10.8 Å². The Morgan fingerprint density at radius 3 is 2.16 bits per heavy atom. The first-order valence-corrected chi connectivity index (χ1v) is 8.30. The molecule has 19 heavy (non-hydrogen) atoms. The van der Waals surface area contributed by atoms with Crippen molar-refractivity contribution in [3.05, 3.63) is 73.9 Å². The molecule has 0 bridgehead atoms. The van der Waals surface area contributed by atoms with Crippen molar-refractivity contribution < 1.29 is 25.9 Å². The van der Waals surface area contributed by atoms with Crippen molar-refractivity contribution in [2.24, 2.45) is 0 Å². The number of ether oxygens (including phenoxy) is 1. The molecule has 0 aliphatic rings. The molecule has 0 saturated heterocycles. The number of halogens is 1. The molecular weight excluding hydrogens is 347 g/mol. The van der Waals surface area contributed by atoms with Crippen LogP contribution < -0.4 is 25.9 Å². The van der Waals surface area contributed by atoms with E-state index in [1.165, 1.54) is 17.9 Å². The van der Waals surface area contributed by atoms with Gasteiger partial charge in [0, 0.05) is 0 Å². The van der Waals surface area contributed by atoms with Crippen LogP contribution in [0.4, 0.5) is 0 Å². The molecule has 0 spiro atoms. The number of methoxy groups -OCH3 is 1. The predicted molar refractivity (Wildman–Crippen MR) is 74.3 cm³/mol. The van der Waals surface area contributed by atoms with Gasteiger partial charge in [0.2, 0.25) is 0 Å². The Morgan fingerprint density at radius 1 is 0.737 bits per heavy atom. The monoisotopic (exact) mass is 361 g/mol. The molecule has 0 aliphatic heterocycles. The molecule has 0 saturated carbocycles. The van der Waals surface area contributed by atoms with Crippen molar-refractivity contribution in [2.75, 3.05) is 7.11 Å². The van der Waals surface area contributed by atoms with Crippen molar-refractivity contribution in [3.63, 3.8) is 0 Å². The van der Waals surface area contributed by atoms with Gasteiger partial charge in [-0.25, -0.2) is 0 Å². The Morgan fingerprint density at radius 2 is 1.42 bits per heavy atom. The second kappa shape index (κ2) is 5.61. The van der Waals surface area contributed by atoms with Gasteiger partial charge < -0.3 is 0 Å². The Kier molecular flexibility index (Phi) is 3.69. The summed E-state index contributed by atoms with van der Waals surface area (Å²) in [6.45, 7) is 0. The molecule has 3 rings (SSSR count). The quantitative estimate of drug-likeness (QED) is 0.632. The van der Waals surface area contributed by atoms with Crippen LogP contribution in [-0.2, 0) is 0 Å². The zero-order valence-corrected chi connectivity index (χ0v) is 12.8. The molecule has 0 fully saturated rings. The molecule has 0 N–H and O–H groups in total. The summed E-state index contributed by atoms with van der Waals surface area (Å²) in [5.41, 5.74) is 0. The maximum absolute atomic E-state index is 5.44. The van der Waals surface area contributed by atoms with Crippen LogP contribution in [0.2, 0.25) is 0 Å². The zero-order valence-electron chi connectivity index (χ0n) is 10.6. The third-order valence-corrected chi connectivity index (χ3v) is 5.86. The van der Waals surface area contributed by atoms with Gasteiger partial charge in [0.15, 0.2) is 0 Å². The van der Waals surface area contributed by atoms with Gasteiger partial charge in [-0.15, -0.1) is 0 Å². The van der Waals surface area contributed by atoms with Crippen LogP contribution in [0.15, 0.2) is 66.7 Å². The number of hydrogen-bond acceptors (Lipinski definition) is 1. The molecule has 3 aromatic carbocycles. The predicted octanol–water partition coefficient (Wildman–Crippen LogP) is 0.977. The van der Waals surface area contributed by atoms with Crippen molar-refractivity contribution >= 4 is 10.8 Å². The van der Waals surface area contributed by atoms with Gasteiger partial charge >= 0.3 is 123 Å². The standard InChI is InChI=1S/C17H14IO/c1-19-17-12-11-16(14-9-5-6-10-15(14)17)18-13-7-3-2-4-8-13/h2-12H,1H3/q-1. The fourth-order valence-corrected chi connectivity index (χ4v) is 4.66. The van der Waals surface area contributed by atoms with Crippen LogP contribution in [0, 0.1) is 7.14 Å². The Labute approximate surface area is 123 Å². The van der Waals surface area contributed by atoms with Gasteiger partial charge in [0.1, 0.15) is 0 Å². The number of fused-ring (bicyclic) bond motifs is 1. The summed E-state index contributed by atoms with van der Waals surface area (Å²) >= 11 is -0.147. The minimum atomic E-state index is -0.147. The van der Waals surface area contributed by atoms with E-state index in [1.807, 2.05) is 0 Å². The summed E-state index contributed by atoms with van der Waals surface area (Å²) in [5.74, 6) is 0.955. The van der Waals surface area contributed by atoms with Crippen molar-refractivity contribution in [2.45, 2.75) is 0 Å². The van der Waals surface area contributed by atoms with Gasteiger partial charge in [-0.3, -0.25) is 0 Å². The van der Waals surface area contributed by atoms with Gasteiger partial charge in [0.05, 0.1) is 0 Å². The fourth-order valence-electron chi connectivity index (χ4n) is 2.09. The van der Waals surface area contributed by atoms with Crippen LogP contribution in [0.5, 0.6) is 5.75 Å². The second-order valence-corrected chi connectivity index (χ2v) is 7.13. The summed E-state index contributed by atoms with van der Waals surface area (Å²) in [6.07, 6.45) is 0. The van der Waals surface area contributed by atoms with Gasteiger partial charge in [0.25, 0.3) is 0 Å². The molecule has 1 nitrogen and oxygen atoms in total. The first-order valence-electron chi connectivity index (χ1n) is 6.14. The van der Waals surface area contributed by atoms with Gasteiger partial charge in [-0.2, -0.15) is 0 Å². The SMILES string of the molecule is COc1ccc([I-]c2ccccc2)c2ccccc12. The van der Waals surface area contributed by atoms with Crippen molar-refractivity contribution in [1.29, 1.82) is 0 Å². The van der Waals surface area contributed by atoms with E-state index in [1.54, 1.807) is 7.11 Å². The first-order chi connectivity index (χ1) is 9.38. The Balaban J connectivity index is 2.10. The van der Waals surface area contributed by atoms with Crippen LogP contribution >= 0.6 is 0 Å². The molecular formula is C17H14IO-. The molecule has 0 aliphatic carbocycles. The van der Waals surface area contributed by atoms with E-state index in [0.717, 1.165) is 5.75 Å². The molecule has 0 radical (unpaired) electrons. The summed E-state index contributed by atoms with van der Waals surface area (Å²) in [5, 5.41) is 2.52. The third kappa shape index (κ3) is 2.59. The average molecular weight is 361 g/mol. The average Bonchev–Trinajstić information content (AvgIpc) is 2.49. The van der Waals surface area contributed by atoms with E-state index in [2.05, 4.69) is 66.7 Å². The summed E-state index contributed by atoms with van der Waals surface area (Å²) in [6, 6.07) is 23.5. The van der Waals surface area contributed by atoms with Crippen LogP contribution in [0.3, 0.4) is 0 Å². The van der Waals surface area contributed by atoms with E-state index in [4.69, 9.17) is 4.74 Å². The first kappa shape index (κ1) is 12.5. The Hall–Kier alpha value is -1.55. The molecule has 3 aromatic rings. The summed E-state index contributed by atoms with van der Waals surface area (Å²) in [7, 11) is 1.73. The normalized spacial score (nSPS) is 10.8.